The molecule has 1 aromatic carbocycles. The van der Waals surface area contributed by atoms with E-state index in [9.17, 15) is 0 Å². The van der Waals surface area contributed by atoms with E-state index < -0.39 is 0 Å². The molecule has 0 unspecified atom stereocenters. The highest BCUT2D eigenvalue weighted by atomic mass is 35.5. The minimum absolute atomic E-state index is 0.461. The molecule has 0 aliphatic carbocycles. The Morgan fingerprint density at radius 1 is 1.19 bits per heavy atom. The fourth-order valence-electron chi connectivity index (χ4n) is 2.99. The fourth-order valence-corrected chi connectivity index (χ4v) is 3.48. The van der Waals surface area contributed by atoms with Crippen LogP contribution < -0.4 is 5.32 Å². The summed E-state index contributed by atoms with van der Waals surface area (Å²) in [5.74, 6) is 1.77. The summed E-state index contributed by atoms with van der Waals surface area (Å²) >= 11 is 12.9. The highest BCUT2D eigenvalue weighted by Crippen LogP contribution is 2.32. The molecule has 0 saturated heterocycles. The molecule has 6 nitrogen and oxygen atoms in total. The Morgan fingerprint density at radius 3 is 2.74 bits per heavy atom. The predicted molar refractivity (Wildman–Crippen MR) is 108 cm³/mol. The maximum absolute atomic E-state index is 6.45. The number of nitrogens with one attached hydrogen (secondary N) is 1. The first-order chi connectivity index (χ1) is 13.1. The van der Waals surface area contributed by atoms with E-state index in [1.807, 2.05) is 31.2 Å². The molecule has 0 radical (unpaired) electrons. The van der Waals surface area contributed by atoms with Crippen molar-refractivity contribution < 1.29 is 4.52 Å². The molecule has 27 heavy (non-hydrogen) atoms. The molecule has 0 aliphatic heterocycles. The van der Waals surface area contributed by atoms with Crippen LogP contribution in [0.2, 0.25) is 10.0 Å². The van der Waals surface area contributed by atoms with Crippen LogP contribution in [0.5, 0.6) is 0 Å². The lowest BCUT2D eigenvalue weighted by Crippen LogP contribution is -2.01. The van der Waals surface area contributed by atoms with Crippen molar-refractivity contribution in [2.24, 2.45) is 0 Å². The highest BCUT2D eigenvalue weighted by Gasteiger charge is 2.16. The number of fused-ring (bicyclic) bond motifs is 1. The molecule has 4 rings (SSSR count). The quantitative estimate of drug-likeness (QED) is 0.453. The predicted octanol–water partition coefficient (Wildman–Crippen LogP) is 5.86. The summed E-state index contributed by atoms with van der Waals surface area (Å²) in [5, 5.41) is 8.00. The average molecular weight is 402 g/mol. The van der Waals surface area contributed by atoms with E-state index >= 15 is 0 Å². The van der Waals surface area contributed by atoms with Crippen LogP contribution in [0.4, 0.5) is 11.7 Å². The number of imidazole rings is 1. The number of aromatic nitrogens is 4. The van der Waals surface area contributed by atoms with Crippen molar-refractivity contribution in [3.05, 3.63) is 52.3 Å². The molecule has 1 N–H and O–H groups in total. The number of hydrogen-bond acceptors (Lipinski definition) is 5. The molecule has 138 valence electrons. The summed E-state index contributed by atoms with van der Waals surface area (Å²) in [7, 11) is 0. The van der Waals surface area contributed by atoms with Crippen molar-refractivity contribution in [2.45, 2.75) is 26.8 Å². The Balaban J connectivity index is 1.76. The standard InChI is InChI=1S/C19H17Cl2N5O/c1-3-7-26-17-13(20)5-4-6-15(17)23-19(26)12-9-14(21)18(22-10-12)24-16-8-11(2)25-27-16/h4-6,8-10H,3,7H2,1-2H3,(H,22,24). The topological polar surface area (TPSA) is 68.8 Å². The van der Waals surface area contributed by atoms with Gasteiger partial charge in [0.25, 0.3) is 0 Å². The molecule has 0 bridgehead atoms. The lowest BCUT2D eigenvalue weighted by molar-refractivity contribution is 0.429. The number of rotatable bonds is 5. The van der Waals surface area contributed by atoms with Gasteiger partial charge in [-0.1, -0.05) is 41.3 Å². The van der Waals surface area contributed by atoms with Crippen LogP contribution in [0.3, 0.4) is 0 Å². The summed E-state index contributed by atoms with van der Waals surface area (Å²) < 4.78 is 7.26. The van der Waals surface area contributed by atoms with E-state index in [2.05, 4.69) is 26.9 Å². The van der Waals surface area contributed by atoms with Gasteiger partial charge in [0.1, 0.15) is 5.82 Å². The molecule has 3 aromatic heterocycles. The van der Waals surface area contributed by atoms with Crippen molar-refractivity contribution in [2.75, 3.05) is 5.32 Å². The first kappa shape index (κ1) is 17.8. The second-order valence-corrected chi connectivity index (χ2v) is 7.02. The Morgan fingerprint density at radius 2 is 2.04 bits per heavy atom. The van der Waals surface area contributed by atoms with E-state index in [4.69, 9.17) is 32.7 Å². The summed E-state index contributed by atoms with van der Waals surface area (Å²) in [4.78, 5) is 9.19. The van der Waals surface area contributed by atoms with Gasteiger partial charge in [-0.2, -0.15) is 0 Å². The summed E-state index contributed by atoms with van der Waals surface area (Å²) in [6.45, 7) is 4.75. The van der Waals surface area contributed by atoms with Gasteiger partial charge in [-0.15, -0.1) is 0 Å². The Labute approximate surface area is 166 Å². The molecule has 0 spiro atoms. The zero-order chi connectivity index (χ0) is 19.0. The molecule has 0 aliphatic rings. The first-order valence-corrected chi connectivity index (χ1v) is 9.33. The van der Waals surface area contributed by atoms with Crippen molar-refractivity contribution in [1.29, 1.82) is 0 Å². The van der Waals surface area contributed by atoms with Crippen LogP contribution in [-0.4, -0.2) is 19.7 Å². The minimum atomic E-state index is 0.461. The summed E-state index contributed by atoms with van der Waals surface area (Å²) in [6.07, 6.45) is 2.69. The number of benzene rings is 1. The molecule has 8 heteroatoms. The van der Waals surface area contributed by atoms with E-state index in [1.165, 1.54) is 0 Å². The summed E-state index contributed by atoms with van der Waals surface area (Å²) in [6, 6.07) is 9.33. The Bertz CT molecular complexity index is 1120. The van der Waals surface area contributed by atoms with Crippen LogP contribution in [0.15, 0.2) is 41.1 Å². The highest BCUT2D eigenvalue weighted by molar-refractivity contribution is 6.35. The van der Waals surface area contributed by atoms with E-state index in [0.29, 0.717) is 21.7 Å². The third-order valence-corrected chi connectivity index (χ3v) is 4.73. The molecule has 0 saturated carbocycles. The summed E-state index contributed by atoms with van der Waals surface area (Å²) in [5.41, 5.74) is 3.36. The smallest absolute Gasteiger partial charge is 0.230 e. The van der Waals surface area contributed by atoms with Crippen molar-refractivity contribution >= 4 is 45.9 Å². The lowest BCUT2D eigenvalue weighted by Gasteiger charge is -2.10. The van der Waals surface area contributed by atoms with Crippen molar-refractivity contribution in [3.8, 4) is 11.4 Å². The normalized spacial score (nSPS) is 11.3. The van der Waals surface area contributed by atoms with Gasteiger partial charge in [-0.25, -0.2) is 9.97 Å². The minimum Gasteiger partial charge on any atom is -0.338 e. The van der Waals surface area contributed by atoms with E-state index in [1.54, 1.807) is 12.3 Å². The maximum Gasteiger partial charge on any atom is 0.230 e. The first-order valence-electron chi connectivity index (χ1n) is 8.58. The Kier molecular flexibility index (Phi) is 4.76. The van der Waals surface area contributed by atoms with Crippen molar-refractivity contribution in [3.63, 3.8) is 0 Å². The van der Waals surface area contributed by atoms with E-state index in [-0.39, 0.29) is 0 Å². The molecule has 0 amide bonds. The van der Waals surface area contributed by atoms with Gasteiger partial charge in [0.15, 0.2) is 5.82 Å². The number of halogens is 2. The second kappa shape index (κ2) is 7.21. The Hall–Kier alpha value is -2.57. The van der Waals surface area contributed by atoms with Crippen LogP contribution >= 0.6 is 23.2 Å². The zero-order valence-electron chi connectivity index (χ0n) is 14.8. The fraction of sp³-hybridized carbons (Fsp3) is 0.211. The van der Waals surface area contributed by atoms with Gasteiger partial charge >= 0.3 is 0 Å². The van der Waals surface area contributed by atoms with Gasteiger partial charge in [-0.3, -0.25) is 0 Å². The molecular weight excluding hydrogens is 385 g/mol. The average Bonchev–Trinajstić information content (AvgIpc) is 3.22. The van der Waals surface area contributed by atoms with Gasteiger partial charge in [0.2, 0.25) is 5.88 Å². The van der Waals surface area contributed by atoms with Crippen LogP contribution in [0, 0.1) is 6.92 Å². The third kappa shape index (κ3) is 3.38. The van der Waals surface area contributed by atoms with E-state index in [0.717, 1.165) is 41.1 Å². The van der Waals surface area contributed by atoms with Crippen LogP contribution in [0.1, 0.15) is 19.0 Å². The molecule has 0 fully saturated rings. The maximum atomic E-state index is 6.45. The number of pyridine rings is 1. The van der Waals surface area contributed by atoms with Gasteiger partial charge < -0.3 is 14.4 Å². The zero-order valence-corrected chi connectivity index (χ0v) is 16.3. The molecule has 4 aromatic rings. The number of anilines is 2. The lowest BCUT2D eigenvalue weighted by atomic mass is 10.2. The van der Waals surface area contributed by atoms with Crippen LogP contribution in [-0.2, 0) is 6.54 Å². The molecule has 0 atom stereocenters. The van der Waals surface area contributed by atoms with Gasteiger partial charge in [0, 0.05) is 24.4 Å². The second-order valence-electron chi connectivity index (χ2n) is 6.21. The number of aryl methyl sites for hydroxylation is 2. The van der Waals surface area contributed by atoms with Crippen LogP contribution in [0.25, 0.3) is 22.4 Å². The monoisotopic (exact) mass is 401 g/mol. The van der Waals surface area contributed by atoms with Gasteiger partial charge in [0.05, 0.1) is 26.8 Å². The number of hydrogen-bond donors (Lipinski definition) is 1. The largest absolute Gasteiger partial charge is 0.338 e. The van der Waals surface area contributed by atoms with Gasteiger partial charge in [-0.05, 0) is 31.5 Å². The third-order valence-electron chi connectivity index (χ3n) is 4.13. The SMILES string of the molecule is CCCn1c(-c2cnc(Nc3cc(C)no3)c(Cl)c2)nc2cccc(Cl)c21. The number of nitrogens with zero attached hydrogens (tertiary/aromatic N) is 4. The molecule has 3 heterocycles. The molecular formula is C19H17Cl2N5O. The number of para-hydroxylation sites is 1. The van der Waals surface area contributed by atoms with Crippen molar-refractivity contribution in [1.82, 2.24) is 19.7 Å².